The first-order chi connectivity index (χ1) is 9.16. The summed E-state index contributed by atoms with van der Waals surface area (Å²) >= 11 is 0. The molecule has 0 aromatic carbocycles. The zero-order chi connectivity index (χ0) is 15.8. The third-order valence-corrected chi connectivity index (χ3v) is 2.60. The second kappa shape index (κ2) is 12.0. The number of carboxylic acid groups (broad SMARTS) is 2. The number of carbonyl (C=O) groups is 2. The van der Waals surface area contributed by atoms with Gasteiger partial charge in [-0.05, 0) is 39.5 Å². The molecule has 0 spiro atoms. The summed E-state index contributed by atoms with van der Waals surface area (Å²) in [6.45, 7) is 2.74. The normalized spacial score (nSPS) is 15.1. The van der Waals surface area contributed by atoms with Crippen LogP contribution in [0.1, 0.15) is 39.5 Å². The quantitative estimate of drug-likeness (QED) is 0.319. The number of carboxylic acids is 2. The Morgan fingerprint density at radius 1 is 0.909 bits per heavy atom. The van der Waals surface area contributed by atoms with Gasteiger partial charge in [0, 0.05) is 11.9 Å². The number of nitrogens with zero attached hydrogens (tertiary/aromatic N) is 4. The van der Waals surface area contributed by atoms with E-state index in [1.807, 2.05) is 0 Å². The Kier molecular flexibility index (Phi) is 14.4. The zero-order valence-electron chi connectivity index (χ0n) is 13.3. The van der Waals surface area contributed by atoms with E-state index in [0.29, 0.717) is 0 Å². The molecule has 10 heteroatoms. The number of nitriles is 2. The first-order valence-electron chi connectivity index (χ1n) is 5.83. The molecule has 0 saturated carbocycles. The van der Waals surface area contributed by atoms with Gasteiger partial charge < -0.3 is 19.8 Å². The van der Waals surface area contributed by atoms with Crippen LogP contribution in [0.2, 0.25) is 0 Å². The van der Waals surface area contributed by atoms with E-state index in [1.54, 1.807) is 12.1 Å². The van der Waals surface area contributed by atoms with E-state index >= 15 is 0 Å². The van der Waals surface area contributed by atoms with Crippen LogP contribution in [-0.2, 0) is 9.59 Å². The first kappa shape index (κ1) is 26.4. The maximum absolute atomic E-state index is 10.4. The number of aliphatic carboxylic acids is 2. The molecule has 8 nitrogen and oxygen atoms in total. The van der Waals surface area contributed by atoms with Gasteiger partial charge in [-0.1, -0.05) is 0 Å². The molecule has 2 unspecified atom stereocenters. The van der Waals surface area contributed by atoms with Gasteiger partial charge in [-0.15, -0.1) is 0 Å². The van der Waals surface area contributed by atoms with Gasteiger partial charge in [0.2, 0.25) is 0 Å². The SMILES string of the molecule is CC(C#N)(CCC(=O)[O-])N=NC(C)(C#N)CCC(=O)[O-].[Na+].[Na+]. The second-order valence-corrected chi connectivity index (χ2v) is 4.72. The maximum atomic E-state index is 10.4. The van der Waals surface area contributed by atoms with Gasteiger partial charge in [-0.2, -0.15) is 20.8 Å². The Labute approximate surface area is 173 Å². The topological polar surface area (TPSA) is 153 Å². The van der Waals surface area contributed by atoms with Crippen molar-refractivity contribution in [1.82, 2.24) is 0 Å². The van der Waals surface area contributed by atoms with E-state index in [4.69, 9.17) is 10.5 Å². The number of rotatable bonds is 8. The fourth-order valence-corrected chi connectivity index (χ4v) is 1.17. The smallest absolute Gasteiger partial charge is 0.550 e. The van der Waals surface area contributed by atoms with Crippen molar-refractivity contribution in [1.29, 1.82) is 10.5 Å². The van der Waals surface area contributed by atoms with Crippen LogP contribution in [0, 0.1) is 22.7 Å². The van der Waals surface area contributed by atoms with Crippen molar-refractivity contribution in [2.24, 2.45) is 10.2 Å². The summed E-state index contributed by atoms with van der Waals surface area (Å²) in [7, 11) is 0. The molecule has 0 aliphatic carbocycles. The van der Waals surface area contributed by atoms with Gasteiger partial charge >= 0.3 is 59.1 Å². The van der Waals surface area contributed by atoms with Gasteiger partial charge in [-0.25, -0.2) is 0 Å². The molecule has 0 aromatic heterocycles. The van der Waals surface area contributed by atoms with Gasteiger partial charge in [0.05, 0.1) is 12.1 Å². The Balaban J connectivity index is -0.00000180. The number of hydrogen-bond acceptors (Lipinski definition) is 8. The average Bonchev–Trinajstić information content (AvgIpc) is 2.41. The van der Waals surface area contributed by atoms with E-state index in [2.05, 4.69) is 10.2 Å². The van der Waals surface area contributed by atoms with Gasteiger partial charge in [0.25, 0.3) is 0 Å². The van der Waals surface area contributed by atoms with E-state index in [9.17, 15) is 19.8 Å². The summed E-state index contributed by atoms with van der Waals surface area (Å²) in [6, 6.07) is 3.61. The molecule has 0 fully saturated rings. The minimum Gasteiger partial charge on any atom is -0.550 e. The fourth-order valence-electron chi connectivity index (χ4n) is 1.17. The molecule has 0 bridgehead atoms. The Hall–Kier alpha value is -0.480. The molecule has 0 amide bonds. The summed E-state index contributed by atoms with van der Waals surface area (Å²) in [5.41, 5.74) is -2.81. The Morgan fingerprint density at radius 3 is 1.36 bits per heavy atom. The molecule has 0 heterocycles. The van der Waals surface area contributed by atoms with Crippen molar-refractivity contribution >= 4 is 11.9 Å². The van der Waals surface area contributed by atoms with Crippen molar-refractivity contribution in [3.05, 3.63) is 0 Å². The molecule has 2 atom stereocenters. The van der Waals surface area contributed by atoms with Crippen LogP contribution in [0.5, 0.6) is 0 Å². The van der Waals surface area contributed by atoms with Crippen LogP contribution in [0.3, 0.4) is 0 Å². The van der Waals surface area contributed by atoms with Crippen LogP contribution < -0.4 is 69.3 Å². The van der Waals surface area contributed by atoms with E-state index < -0.39 is 23.0 Å². The zero-order valence-corrected chi connectivity index (χ0v) is 17.3. The molecule has 0 saturated heterocycles. The minimum atomic E-state index is -1.40. The summed E-state index contributed by atoms with van der Waals surface area (Å²) in [5, 5.41) is 46.1. The molecule has 0 aliphatic rings. The second-order valence-electron chi connectivity index (χ2n) is 4.72. The first-order valence-corrected chi connectivity index (χ1v) is 5.83. The van der Waals surface area contributed by atoms with E-state index in [1.165, 1.54) is 13.8 Å². The molecule has 0 aromatic rings. The van der Waals surface area contributed by atoms with Crippen LogP contribution in [-0.4, -0.2) is 23.0 Å². The van der Waals surface area contributed by atoms with Crippen molar-refractivity contribution in [3.63, 3.8) is 0 Å². The number of hydrogen-bond donors (Lipinski definition) is 0. The predicted molar refractivity (Wildman–Crippen MR) is 61.4 cm³/mol. The monoisotopic (exact) mass is 324 g/mol. The molecule has 108 valence electrons. The Bertz CT molecular complexity index is 456. The number of azo groups is 1. The van der Waals surface area contributed by atoms with Gasteiger partial charge in [-0.3, -0.25) is 0 Å². The third kappa shape index (κ3) is 11.1. The van der Waals surface area contributed by atoms with Crippen molar-refractivity contribution < 1.29 is 78.9 Å². The van der Waals surface area contributed by atoms with E-state index in [-0.39, 0.29) is 84.8 Å². The Morgan fingerprint density at radius 2 is 1.18 bits per heavy atom. The molecule has 22 heavy (non-hydrogen) atoms. The van der Waals surface area contributed by atoms with Crippen molar-refractivity contribution in [3.8, 4) is 12.1 Å². The minimum absolute atomic E-state index is 0. The standard InChI is InChI=1S/C12H16N4O4.2Na/c1-11(7-13,5-3-9(17)18)15-16-12(2,8-14)6-4-10(19)20;;/h3-6H2,1-2H3,(H,17,18)(H,19,20);;/q;2*+1/p-2. The van der Waals surface area contributed by atoms with Crippen LogP contribution in [0.15, 0.2) is 10.2 Å². The average molecular weight is 324 g/mol. The maximum Gasteiger partial charge on any atom is 1.00 e. The van der Waals surface area contributed by atoms with Crippen LogP contribution in [0.25, 0.3) is 0 Å². The predicted octanol–water partition coefficient (Wildman–Crippen LogP) is -6.93. The number of carbonyl (C=O) groups excluding carboxylic acids is 2. The third-order valence-electron chi connectivity index (χ3n) is 2.60. The van der Waals surface area contributed by atoms with Gasteiger partial charge in [0.15, 0.2) is 11.1 Å². The van der Waals surface area contributed by atoms with Gasteiger partial charge in [0.1, 0.15) is 0 Å². The largest absolute Gasteiger partial charge is 1.00 e. The summed E-state index contributed by atoms with van der Waals surface area (Å²) in [4.78, 5) is 20.8. The van der Waals surface area contributed by atoms with Crippen LogP contribution >= 0.6 is 0 Å². The van der Waals surface area contributed by atoms with Crippen LogP contribution in [0.4, 0.5) is 0 Å². The van der Waals surface area contributed by atoms with E-state index in [0.717, 1.165) is 0 Å². The van der Waals surface area contributed by atoms with Crippen molar-refractivity contribution in [2.75, 3.05) is 0 Å². The molecular weight excluding hydrogens is 310 g/mol. The molecule has 0 radical (unpaired) electrons. The molecule has 0 rings (SSSR count). The molecular formula is C12H14N4Na2O4. The fraction of sp³-hybridized carbons (Fsp3) is 0.667. The van der Waals surface area contributed by atoms with Crippen molar-refractivity contribution in [2.45, 2.75) is 50.6 Å². The molecule has 0 aliphatic heterocycles. The summed E-state index contributed by atoms with van der Waals surface area (Å²) in [6.07, 6.45) is -0.967. The molecule has 0 N–H and O–H groups in total. The summed E-state index contributed by atoms with van der Waals surface area (Å²) < 4.78 is 0. The summed E-state index contributed by atoms with van der Waals surface area (Å²) in [5.74, 6) is -2.64.